The van der Waals surface area contributed by atoms with Crippen LogP contribution < -0.4 is 15.0 Å². The van der Waals surface area contributed by atoms with Crippen LogP contribution in [0.5, 0.6) is 5.75 Å². The third-order valence-electron chi connectivity index (χ3n) is 4.32. The summed E-state index contributed by atoms with van der Waals surface area (Å²) in [5.74, 6) is 1.34. The van der Waals surface area contributed by atoms with Crippen LogP contribution in [0.25, 0.3) is 10.9 Å². The molecule has 2 aromatic carbocycles. The van der Waals surface area contributed by atoms with Crippen molar-refractivity contribution in [3.05, 3.63) is 54.9 Å². The molecular formula is C20H20N4O3. The molecule has 0 spiro atoms. The van der Waals surface area contributed by atoms with Gasteiger partial charge in [0.05, 0.1) is 18.7 Å². The van der Waals surface area contributed by atoms with E-state index in [-0.39, 0.29) is 12.5 Å². The van der Waals surface area contributed by atoms with E-state index in [0.29, 0.717) is 24.7 Å². The SMILES string of the molecule is O=C(COc1ccccc1)Nc1ccc2c(N3CCOCC3)ncnc2c1. The Bertz CT molecular complexity index is 927. The summed E-state index contributed by atoms with van der Waals surface area (Å²) in [6.07, 6.45) is 1.55. The lowest BCUT2D eigenvalue weighted by molar-refractivity contribution is -0.118. The van der Waals surface area contributed by atoms with Gasteiger partial charge >= 0.3 is 0 Å². The zero-order valence-corrected chi connectivity index (χ0v) is 14.8. The Balaban J connectivity index is 1.46. The molecule has 2 heterocycles. The lowest BCUT2D eigenvalue weighted by atomic mass is 10.2. The van der Waals surface area contributed by atoms with Gasteiger partial charge in [0.1, 0.15) is 17.9 Å². The van der Waals surface area contributed by atoms with E-state index in [1.54, 1.807) is 6.33 Å². The molecule has 0 radical (unpaired) electrons. The van der Waals surface area contributed by atoms with Crippen molar-refractivity contribution in [3.63, 3.8) is 0 Å². The summed E-state index contributed by atoms with van der Waals surface area (Å²) in [4.78, 5) is 23.1. The fraction of sp³-hybridized carbons (Fsp3) is 0.250. The number of para-hydroxylation sites is 1. The largest absolute Gasteiger partial charge is 0.484 e. The number of hydrogen-bond acceptors (Lipinski definition) is 6. The molecule has 7 nitrogen and oxygen atoms in total. The second kappa shape index (κ2) is 8.01. The van der Waals surface area contributed by atoms with Crippen LogP contribution in [0.1, 0.15) is 0 Å². The number of nitrogens with zero attached hydrogens (tertiary/aromatic N) is 3. The Morgan fingerprint density at radius 1 is 1.11 bits per heavy atom. The molecule has 1 N–H and O–H groups in total. The molecule has 0 aliphatic carbocycles. The summed E-state index contributed by atoms with van der Waals surface area (Å²) < 4.78 is 10.9. The molecule has 0 atom stereocenters. The Morgan fingerprint density at radius 3 is 2.74 bits per heavy atom. The van der Waals surface area contributed by atoms with E-state index in [2.05, 4.69) is 20.2 Å². The van der Waals surface area contributed by atoms with Crippen LogP contribution in [0.4, 0.5) is 11.5 Å². The minimum absolute atomic E-state index is 0.0507. The van der Waals surface area contributed by atoms with Crippen LogP contribution in [0.2, 0.25) is 0 Å². The van der Waals surface area contributed by atoms with E-state index >= 15 is 0 Å². The number of rotatable bonds is 5. The Hall–Kier alpha value is -3.19. The van der Waals surface area contributed by atoms with E-state index in [9.17, 15) is 4.79 Å². The summed E-state index contributed by atoms with van der Waals surface area (Å²) in [5, 5.41) is 3.80. The van der Waals surface area contributed by atoms with E-state index in [1.165, 1.54) is 0 Å². The molecule has 1 fully saturated rings. The second-order valence-corrected chi connectivity index (χ2v) is 6.18. The Morgan fingerprint density at radius 2 is 1.93 bits per heavy atom. The van der Waals surface area contributed by atoms with Crippen molar-refractivity contribution >= 4 is 28.3 Å². The van der Waals surface area contributed by atoms with Gasteiger partial charge in [0.15, 0.2) is 6.61 Å². The first-order valence-corrected chi connectivity index (χ1v) is 8.85. The third-order valence-corrected chi connectivity index (χ3v) is 4.32. The van der Waals surface area contributed by atoms with Crippen molar-refractivity contribution < 1.29 is 14.3 Å². The number of benzene rings is 2. The van der Waals surface area contributed by atoms with Crippen LogP contribution in [-0.4, -0.2) is 48.8 Å². The van der Waals surface area contributed by atoms with Gasteiger partial charge in [0.25, 0.3) is 5.91 Å². The van der Waals surface area contributed by atoms with Crippen molar-refractivity contribution in [1.29, 1.82) is 0 Å². The maximum Gasteiger partial charge on any atom is 0.262 e. The number of carbonyl (C=O) groups is 1. The molecule has 0 bridgehead atoms. The molecule has 1 aromatic heterocycles. The summed E-state index contributed by atoms with van der Waals surface area (Å²) in [5.41, 5.74) is 1.46. The summed E-state index contributed by atoms with van der Waals surface area (Å²) in [7, 11) is 0. The zero-order valence-electron chi connectivity index (χ0n) is 14.8. The van der Waals surface area contributed by atoms with Gasteiger partial charge in [-0.25, -0.2) is 9.97 Å². The topological polar surface area (TPSA) is 76.6 Å². The highest BCUT2D eigenvalue weighted by molar-refractivity contribution is 5.96. The first-order valence-electron chi connectivity index (χ1n) is 8.85. The van der Waals surface area contributed by atoms with Gasteiger partial charge in [0, 0.05) is 24.2 Å². The van der Waals surface area contributed by atoms with Gasteiger partial charge in [-0.1, -0.05) is 18.2 Å². The smallest absolute Gasteiger partial charge is 0.262 e. The molecule has 0 saturated carbocycles. The molecule has 1 saturated heterocycles. The molecule has 138 valence electrons. The zero-order chi connectivity index (χ0) is 18.5. The second-order valence-electron chi connectivity index (χ2n) is 6.18. The van der Waals surface area contributed by atoms with Crippen LogP contribution in [0.15, 0.2) is 54.9 Å². The molecule has 4 rings (SSSR count). The lowest BCUT2D eigenvalue weighted by Gasteiger charge is -2.28. The minimum Gasteiger partial charge on any atom is -0.484 e. The predicted octanol–water partition coefficient (Wildman–Crippen LogP) is 2.48. The van der Waals surface area contributed by atoms with Crippen molar-refractivity contribution in [2.75, 3.05) is 43.1 Å². The first kappa shape index (κ1) is 17.2. The van der Waals surface area contributed by atoms with Crippen molar-refractivity contribution in [3.8, 4) is 5.75 Å². The van der Waals surface area contributed by atoms with E-state index in [4.69, 9.17) is 9.47 Å². The van der Waals surface area contributed by atoms with E-state index in [0.717, 1.165) is 29.8 Å². The van der Waals surface area contributed by atoms with Gasteiger partial charge in [-0.2, -0.15) is 0 Å². The molecule has 1 aliphatic rings. The number of morpholine rings is 1. The average Bonchev–Trinajstić information content (AvgIpc) is 2.73. The number of amides is 1. The first-order chi connectivity index (χ1) is 13.3. The number of nitrogens with one attached hydrogen (secondary N) is 1. The summed E-state index contributed by atoms with van der Waals surface area (Å²) in [6.45, 7) is 2.95. The van der Waals surface area contributed by atoms with Crippen LogP contribution in [0, 0.1) is 0 Å². The number of carbonyl (C=O) groups excluding carboxylic acids is 1. The van der Waals surface area contributed by atoms with Crippen LogP contribution in [-0.2, 0) is 9.53 Å². The fourth-order valence-corrected chi connectivity index (χ4v) is 3.01. The molecule has 0 unspecified atom stereocenters. The number of ether oxygens (including phenoxy) is 2. The number of hydrogen-bond donors (Lipinski definition) is 1. The average molecular weight is 364 g/mol. The van der Waals surface area contributed by atoms with Crippen molar-refractivity contribution in [1.82, 2.24) is 9.97 Å². The maximum atomic E-state index is 12.1. The predicted molar refractivity (Wildman–Crippen MR) is 103 cm³/mol. The molecule has 27 heavy (non-hydrogen) atoms. The number of anilines is 2. The van der Waals surface area contributed by atoms with E-state index < -0.39 is 0 Å². The lowest BCUT2D eigenvalue weighted by Crippen LogP contribution is -2.36. The molecule has 3 aromatic rings. The number of aromatic nitrogens is 2. The van der Waals surface area contributed by atoms with Crippen molar-refractivity contribution in [2.24, 2.45) is 0 Å². The highest BCUT2D eigenvalue weighted by Crippen LogP contribution is 2.26. The quantitative estimate of drug-likeness (QED) is 0.750. The van der Waals surface area contributed by atoms with Crippen LogP contribution in [0.3, 0.4) is 0 Å². The van der Waals surface area contributed by atoms with Crippen LogP contribution >= 0.6 is 0 Å². The van der Waals surface area contributed by atoms with Gasteiger partial charge in [-0.3, -0.25) is 4.79 Å². The minimum atomic E-state index is -0.222. The van der Waals surface area contributed by atoms with Gasteiger partial charge in [0.2, 0.25) is 0 Å². The standard InChI is InChI=1S/C20H20N4O3/c25-19(13-27-16-4-2-1-3-5-16)23-15-6-7-17-18(12-15)21-14-22-20(17)24-8-10-26-11-9-24/h1-7,12,14H,8-11,13H2,(H,23,25). The molecule has 7 heteroatoms. The Kier molecular flexibility index (Phi) is 5.11. The summed E-state index contributed by atoms with van der Waals surface area (Å²) in [6, 6.07) is 14.9. The summed E-state index contributed by atoms with van der Waals surface area (Å²) >= 11 is 0. The van der Waals surface area contributed by atoms with Gasteiger partial charge in [-0.15, -0.1) is 0 Å². The highest BCUT2D eigenvalue weighted by Gasteiger charge is 2.16. The highest BCUT2D eigenvalue weighted by atomic mass is 16.5. The maximum absolute atomic E-state index is 12.1. The van der Waals surface area contributed by atoms with Crippen molar-refractivity contribution in [2.45, 2.75) is 0 Å². The molecular weight excluding hydrogens is 344 g/mol. The fourth-order valence-electron chi connectivity index (χ4n) is 3.01. The molecule has 1 amide bonds. The van der Waals surface area contributed by atoms with Gasteiger partial charge in [-0.05, 0) is 30.3 Å². The van der Waals surface area contributed by atoms with Gasteiger partial charge < -0.3 is 19.7 Å². The Labute approximate surface area is 156 Å². The third kappa shape index (κ3) is 4.15. The number of fused-ring (bicyclic) bond motifs is 1. The monoisotopic (exact) mass is 364 g/mol. The molecule has 1 aliphatic heterocycles. The normalized spacial score (nSPS) is 14.1. The van der Waals surface area contributed by atoms with E-state index in [1.807, 2.05) is 48.5 Å².